The minimum atomic E-state index is -3.53. The van der Waals surface area contributed by atoms with Crippen LogP contribution in [-0.2, 0) is 30.2 Å². The first-order chi connectivity index (χ1) is 16.1. The Balaban J connectivity index is 1.64. The number of nitrogens with two attached hydrogens (primary N) is 1. The summed E-state index contributed by atoms with van der Waals surface area (Å²) in [6.45, 7) is 5.29. The molecule has 188 valence electrons. The van der Waals surface area contributed by atoms with Gasteiger partial charge in [-0.2, -0.15) is 0 Å². The molecule has 0 amide bonds. The van der Waals surface area contributed by atoms with E-state index in [0.717, 1.165) is 19.3 Å². The molecule has 5 N–H and O–H groups in total. The van der Waals surface area contributed by atoms with Crippen molar-refractivity contribution >= 4 is 36.4 Å². The molecule has 0 aromatic carbocycles. The number of fused-ring (bicyclic) bond motifs is 1. The van der Waals surface area contributed by atoms with Crippen LogP contribution in [0, 0.1) is 0 Å². The van der Waals surface area contributed by atoms with Gasteiger partial charge in [0.1, 0.15) is 30.3 Å². The van der Waals surface area contributed by atoms with Crippen molar-refractivity contribution in [3.05, 3.63) is 12.7 Å². The van der Waals surface area contributed by atoms with Gasteiger partial charge in [0.05, 0.1) is 25.4 Å². The number of rotatable bonds is 13. The molecule has 2 aromatic rings. The molecule has 0 unspecified atom stereocenters. The Morgan fingerprint density at radius 1 is 1.26 bits per heavy atom. The van der Waals surface area contributed by atoms with E-state index >= 15 is 0 Å². The van der Waals surface area contributed by atoms with Crippen molar-refractivity contribution in [2.45, 2.75) is 77.3 Å². The first-order valence-corrected chi connectivity index (χ1v) is 13.1. The fraction of sp³-hybridized carbons (Fsp3) is 0.650. The second-order valence-electron chi connectivity index (χ2n) is 8.64. The molecule has 1 aliphatic rings. The maximum atomic E-state index is 13.6. The van der Waals surface area contributed by atoms with Gasteiger partial charge in [-0.05, 0) is 40.0 Å². The third-order valence-corrected chi connectivity index (χ3v) is 7.60. The van der Waals surface area contributed by atoms with Crippen LogP contribution in [0.15, 0.2) is 12.7 Å². The number of carbonyl (C=O) groups is 2. The summed E-state index contributed by atoms with van der Waals surface area (Å²) in [6, 6.07) is -1.49. The minimum Gasteiger partial charge on any atom is -0.481 e. The Morgan fingerprint density at radius 3 is 2.65 bits per heavy atom. The van der Waals surface area contributed by atoms with Crippen LogP contribution < -0.4 is 15.9 Å². The SMILES string of the molecule is C[C@H](Cn1cnc2c(N)ncnc21)OC[P@](=O)(N[C@@H](C)CC(=O)O)N[C@H](C)C(=O)OC1CCC1. The Hall–Kier alpha value is -2.60. The van der Waals surface area contributed by atoms with Gasteiger partial charge >= 0.3 is 11.9 Å². The Labute approximate surface area is 197 Å². The molecular weight excluding hydrogens is 465 g/mol. The molecular formula is C20H32N7O6P. The molecule has 1 fully saturated rings. The van der Waals surface area contributed by atoms with Crippen molar-refractivity contribution in [2.75, 3.05) is 12.1 Å². The number of nitrogens with zero attached hydrogens (tertiary/aromatic N) is 4. The van der Waals surface area contributed by atoms with Crippen molar-refractivity contribution in [3.63, 3.8) is 0 Å². The predicted octanol–water partition coefficient (Wildman–Crippen LogP) is 1.49. The van der Waals surface area contributed by atoms with Gasteiger partial charge < -0.3 is 24.9 Å². The molecule has 14 heteroatoms. The lowest BCUT2D eigenvalue weighted by atomic mass is 9.96. The third-order valence-electron chi connectivity index (χ3n) is 5.42. The summed E-state index contributed by atoms with van der Waals surface area (Å²) in [5.74, 6) is -1.27. The van der Waals surface area contributed by atoms with Crippen LogP contribution in [0.2, 0.25) is 0 Å². The number of nitrogen functional groups attached to an aromatic ring is 1. The van der Waals surface area contributed by atoms with E-state index in [4.69, 9.17) is 20.3 Å². The lowest BCUT2D eigenvalue weighted by molar-refractivity contribution is -0.154. The molecule has 2 aromatic heterocycles. The van der Waals surface area contributed by atoms with Crippen LogP contribution in [-0.4, -0.2) is 67.2 Å². The van der Waals surface area contributed by atoms with Gasteiger partial charge in [0, 0.05) is 6.04 Å². The second kappa shape index (κ2) is 11.2. The number of anilines is 1. The molecule has 0 spiro atoms. The molecule has 34 heavy (non-hydrogen) atoms. The summed E-state index contributed by atoms with van der Waals surface area (Å²) in [5, 5.41) is 14.7. The molecule has 0 aliphatic heterocycles. The topological polar surface area (TPSA) is 184 Å². The minimum absolute atomic E-state index is 0.103. The van der Waals surface area contributed by atoms with Gasteiger partial charge in [-0.15, -0.1) is 0 Å². The number of nitrogens with one attached hydrogen (secondary N) is 2. The zero-order chi connectivity index (χ0) is 24.9. The Bertz CT molecular complexity index is 1060. The fourth-order valence-corrected chi connectivity index (χ4v) is 5.71. The summed E-state index contributed by atoms with van der Waals surface area (Å²) in [7, 11) is -3.53. The van der Waals surface area contributed by atoms with Gasteiger partial charge in [0.2, 0.25) is 7.44 Å². The van der Waals surface area contributed by atoms with Gasteiger partial charge in [-0.1, -0.05) is 0 Å². The zero-order valence-electron chi connectivity index (χ0n) is 19.5. The van der Waals surface area contributed by atoms with Crippen LogP contribution in [0.1, 0.15) is 46.5 Å². The van der Waals surface area contributed by atoms with Crippen LogP contribution in [0.5, 0.6) is 0 Å². The summed E-state index contributed by atoms with van der Waals surface area (Å²) in [6.07, 6.45) is 4.53. The number of ether oxygens (including phenoxy) is 2. The lowest BCUT2D eigenvalue weighted by Crippen LogP contribution is -2.42. The molecule has 0 bridgehead atoms. The molecule has 13 nitrogen and oxygen atoms in total. The number of aromatic nitrogens is 4. The smallest absolute Gasteiger partial charge is 0.323 e. The Kier molecular flexibility index (Phi) is 8.58. The van der Waals surface area contributed by atoms with Gasteiger partial charge in [-0.3, -0.25) is 14.2 Å². The maximum Gasteiger partial charge on any atom is 0.323 e. The van der Waals surface area contributed by atoms with Gasteiger partial charge in [-0.25, -0.2) is 25.1 Å². The maximum absolute atomic E-state index is 13.6. The number of hydrogen-bond acceptors (Lipinski definition) is 9. The highest BCUT2D eigenvalue weighted by molar-refractivity contribution is 7.59. The van der Waals surface area contributed by atoms with E-state index in [1.165, 1.54) is 6.33 Å². The second-order valence-corrected chi connectivity index (χ2v) is 10.9. The van der Waals surface area contributed by atoms with Crippen LogP contribution in [0.25, 0.3) is 11.2 Å². The predicted molar refractivity (Wildman–Crippen MR) is 124 cm³/mol. The molecule has 2 heterocycles. The number of carbonyl (C=O) groups excluding carboxylic acids is 1. The van der Waals surface area contributed by atoms with E-state index in [9.17, 15) is 14.2 Å². The van der Waals surface area contributed by atoms with E-state index in [0.29, 0.717) is 17.7 Å². The molecule has 0 radical (unpaired) electrons. The van der Waals surface area contributed by atoms with Gasteiger partial charge in [0.15, 0.2) is 11.5 Å². The summed E-state index contributed by atoms with van der Waals surface area (Å²) < 4.78 is 26.6. The van der Waals surface area contributed by atoms with E-state index in [2.05, 4.69) is 25.1 Å². The monoisotopic (exact) mass is 497 g/mol. The average molecular weight is 497 g/mol. The largest absolute Gasteiger partial charge is 0.481 e. The quantitative estimate of drug-likeness (QED) is 0.231. The van der Waals surface area contributed by atoms with Crippen LogP contribution in [0.4, 0.5) is 5.82 Å². The van der Waals surface area contributed by atoms with E-state index < -0.39 is 37.6 Å². The summed E-state index contributed by atoms with van der Waals surface area (Å²) in [5.41, 5.74) is 6.84. The average Bonchev–Trinajstić information content (AvgIpc) is 3.12. The normalized spacial score (nSPS) is 18.6. The molecule has 0 saturated heterocycles. The summed E-state index contributed by atoms with van der Waals surface area (Å²) in [4.78, 5) is 35.8. The molecule has 4 atom stereocenters. The highest BCUT2D eigenvalue weighted by atomic mass is 31.2. The van der Waals surface area contributed by atoms with Crippen molar-refractivity contribution in [3.8, 4) is 0 Å². The molecule has 1 saturated carbocycles. The first kappa shape index (κ1) is 26.0. The van der Waals surface area contributed by atoms with E-state index in [1.54, 1.807) is 31.7 Å². The zero-order valence-corrected chi connectivity index (χ0v) is 20.4. The highest BCUT2D eigenvalue weighted by Crippen LogP contribution is 2.38. The number of esters is 1. The van der Waals surface area contributed by atoms with E-state index in [-0.39, 0.29) is 24.7 Å². The van der Waals surface area contributed by atoms with Crippen molar-refractivity contribution in [1.29, 1.82) is 0 Å². The van der Waals surface area contributed by atoms with E-state index in [1.807, 2.05) is 0 Å². The molecule has 3 rings (SSSR count). The van der Waals surface area contributed by atoms with Gasteiger partial charge in [0.25, 0.3) is 0 Å². The fourth-order valence-electron chi connectivity index (χ4n) is 3.49. The first-order valence-electron chi connectivity index (χ1n) is 11.2. The number of carboxylic acid groups (broad SMARTS) is 1. The Morgan fingerprint density at radius 2 is 2.00 bits per heavy atom. The van der Waals surface area contributed by atoms with Crippen LogP contribution >= 0.6 is 7.44 Å². The number of hydrogen-bond donors (Lipinski definition) is 4. The van der Waals surface area contributed by atoms with Crippen molar-refractivity contribution < 1.29 is 28.7 Å². The van der Waals surface area contributed by atoms with Crippen molar-refractivity contribution in [1.82, 2.24) is 29.7 Å². The highest BCUT2D eigenvalue weighted by Gasteiger charge is 2.32. The lowest BCUT2D eigenvalue weighted by Gasteiger charge is -2.30. The molecule has 1 aliphatic carbocycles. The third kappa shape index (κ3) is 6.95. The number of imidazole rings is 1. The summed E-state index contributed by atoms with van der Waals surface area (Å²) >= 11 is 0. The van der Waals surface area contributed by atoms with Crippen molar-refractivity contribution in [2.24, 2.45) is 0 Å². The van der Waals surface area contributed by atoms with Crippen LogP contribution in [0.3, 0.4) is 0 Å². The number of aliphatic carboxylic acids is 1. The standard InChI is InChI=1S/C20H32N7O6P/c1-12(7-16(28)29)25-34(31,26-14(3)20(30)33-15-5-4-6-15)11-32-13(2)8-27-10-24-17-18(21)22-9-23-19(17)27/h9-10,12-15H,4-8,11H2,1-3H3,(H,28,29)(H2,21,22,23)(H2,25,26,31)/t12-,13+,14+,34-/m0/s1. The number of carboxylic acids is 1.